The summed E-state index contributed by atoms with van der Waals surface area (Å²) in [5.41, 5.74) is 0. The molecule has 0 rings (SSSR count). The molecule has 0 aromatic heterocycles. The standard InChI is InChI=1S/C71H120O6/c1-4-7-10-13-16-19-22-24-26-28-30-32-34-35-37-38-40-42-44-46-49-52-55-58-61-64-70(73)76-67-68(66-75-69(72)63-60-57-54-51-48-21-18-15-12-9-6-3)77-71(74)65-62-59-56-53-50-47-45-43-41-39-36-33-31-29-27-25-23-20-17-14-11-8-5-2/h7,10,15-16,18-19,24,26,29-32,35,37,40,42,46,49,68H,4-6,8-9,11-14,17,20-23,25,27-28,33-34,36,38-39,41,43-45,47-48,50-67H2,1-3H3/b10-7-,18-15-,19-16-,26-24-,31-29-,32-30-,37-35-,42-40-,49-46-. The minimum Gasteiger partial charge on any atom is -0.462 e. The summed E-state index contributed by atoms with van der Waals surface area (Å²) < 4.78 is 16.9. The Kier molecular flexibility index (Phi) is 61.3. The predicted octanol–water partition coefficient (Wildman–Crippen LogP) is 22.2. The van der Waals surface area contributed by atoms with Gasteiger partial charge in [0, 0.05) is 19.3 Å². The molecule has 0 bridgehead atoms. The minimum absolute atomic E-state index is 0.0937. The second kappa shape index (κ2) is 64.6. The van der Waals surface area contributed by atoms with Crippen molar-refractivity contribution < 1.29 is 28.6 Å². The van der Waals surface area contributed by atoms with E-state index in [0.717, 1.165) is 122 Å². The molecule has 6 nitrogen and oxygen atoms in total. The van der Waals surface area contributed by atoms with Crippen molar-refractivity contribution in [3.8, 4) is 0 Å². The fourth-order valence-electron chi connectivity index (χ4n) is 8.87. The molecule has 0 saturated carbocycles. The monoisotopic (exact) mass is 1070 g/mol. The lowest BCUT2D eigenvalue weighted by molar-refractivity contribution is -0.167. The van der Waals surface area contributed by atoms with Crippen LogP contribution in [-0.4, -0.2) is 37.2 Å². The van der Waals surface area contributed by atoms with Gasteiger partial charge in [-0.1, -0.05) is 271 Å². The van der Waals surface area contributed by atoms with Gasteiger partial charge in [0.05, 0.1) is 0 Å². The average Bonchev–Trinajstić information content (AvgIpc) is 3.43. The number of unbranched alkanes of at least 4 members (excludes halogenated alkanes) is 29. The Hall–Kier alpha value is -3.93. The summed E-state index contributed by atoms with van der Waals surface area (Å²) >= 11 is 0. The lowest BCUT2D eigenvalue weighted by atomic mass is 10.0. The van der Waals surface area contributed by atoms with E-state index < -0.39 is 6.10 Å². The number of hydrogen-bond donors (Lipinski definition) is 0. The molecule has 0 aliphatic rings. The van der Waals surface area contributed by atoms with Gasteiger partial charge in [0.1, 0.15) is 13.2 Å². The SMILES string of the molecule is CC/C=C\C/C=C\C/C=C\C/C=C\C/C=C\C/C=C\C/C=C\CCCCCC(=O)OCC(COC(=O)CCCCCCC/C=C\CCCC)OC(=O)CCCCCCCCCCCCC/C=C\CCCCCCCCCC. The third kappa shape index (κ3) is 62.8. The Balaban J connectivity index is 4.36. The van der Waals surface area contributed by atoms with Crippen molar-refractivity contribution in [1.82, 2.24) is 0 Å². The molecule has 0 saturated heterocycles. The van der Waals surface area contributed by atoms with Crippen LogP contribution in [0, 0.1) is 0 Å². The quantitative estimate of drug-likeness (QED) is 0.0261. The van der Waals surface area contributed by atoms with Gasteiger partial charge in [-0.15, -0.1) is 0 Å². The highest BCUT2D eigenvalue weighted by Gasteiger charge is 2.19. The number of allylic oxidation sites excluding steroid dienone is 18. The molecular formula is C71H120O6. The molecule has 77 heavy (non-hydrogen) atoms. The van der Waals surface area contributed by atoms with Gasteiger partial charge >= 0.3 is 17.9 Å². The summed E-state index contributed by atoms with van der Waals surface area (Å²) in [7, 11) is 0. The van der Waals surface area contributed by atoms with Gasteiger partial charge in [-0.2, -0.15) is 0 Å². The molecular weight excluding hydrogens is 949 g/mol. The third-order valence-corrected chi connectivity index (χ3v) is 13.7. The van der Waals surface area contributed by atoms with Crippen molar-refractivity contribution in [2.24, 2.45) is 0 Å². The molecule has 0 aliphatic carbocycles. The number of carbonyl (C=O) groups excluding carboxylic acids is 3. The molecule has 1 atom stereocenters. The fourth-order valence-corrected chi connectivity index (χ4v) is 8.87. The highest BCUT2D eigenvalue weighted by molar-refractivity contribution is 5.71. The maximum absolute atomic E-state index is 12.9. The van der Waals surface area contributed by atoms with Crippen LogP contribution >= 0.6 is 0 Å². The smallest absolute Gasteiger partial charge is 0.306 e. The summed E-state index contributed by atoms with van der Waals surface area (Å²) in [5, 5.41) is 0. The number of carbonyl (C=O) groups is 3. The zero-order valence-corrected chi connectivity index (χ0v) is 50.4. The second-order valence-electron chi connectivity index (χ2n) is 21.3. The molecule has 440 valence electrons. The summed E-state index contributed by atoms with van der Waals surface area (Å²) in [6, 6.07) is 0. The summed E-state index contributed by atoms with van der Waals surface area (Å²) in [6.07, 6.45) is 88.2. The van der Waals surface area contributed by atoms with Crippen LogP contribution in [0.15, 0.2) is 109 Å². The lowest BCUT2D eigenvalue weighted by Crippen LogP contribution is -2.30. The molecule has 0 aromatic carbocycles. The molecule has 0 radical (unpaired) electrons. The molecule has 0 amide bonds. The van der Waals surface area contributed by atoms with Crippen molar-refractivity contribution in [2.45, 2.75) is 309 Å². The molecule has 0 N–H and O–H groups in total. The maximum Gasteiger partial charge on any atom is 0.306 e. The van der Waals surface area contributed by atoms with Crippen molar-refractivity contribution in [2.75, 3.05) is 13.2 Å². The highest BCUT2D eigenvalue weighted by Crippen LogP contribution is 2.16. The molecule has 0 spiro atoms. The zero-order chi connectivity index (χ0) is 55.7. The highest BCUT2D eigenvalue weighted by atomic mass is 16.6. The van der Waals surface area contributed by atoms with Crippen LogP contribution in [0.1, 0.15) is 303 Å². The van der Waals surface area contributed by atoms with Crippen LogP contribution in [0.5, 0.6) is 0 Å². The molecule has 0 aromatic rings. The number of ether oxygens (including phenoxy) is 3. The van der Waals surface area contributed by atoms with Crippen LogP contribution in [0.3, 0.4) is 0 Å². The first-order valence-electron chi connectivity index (χ1n) is 32.4. The first kappa shape index (κ1) is 73.1. The molecule has 0 fully saturated rings. The van der Waals surface area contributed by atoms with E-state index in [2.05, 4.69) is 130 Å². The van der Waals surface area contributed by atoms with Crippen molar-refractivity contribution in [1.29, 1.82) is 0 Å². The van der Waals surface area contributed by atoms with Gasteiger partial charge in [0.25, 0.3) is 0 Å². The van der Waals surface area contributed by atoms with Crippen LogP contribution in [0.25, 0.3) is 0 Å². The number of esters is 3. The predicted molar refractivity (Wildman–Crippen MR) is 334 cm³/mol. The normalized spacial score (nSPS) is 12.8. The summed E-state index contributed by atoms with van der Waals surface area (Å²) in [6.45, 7) is 6.47. The zero-order valence-electron chi connectivity index (χ0n) is 50.4. The topological polar surface area (TPSA) is 78.9 Å². The van der Waals surface area contributed by atoms with E-state index in [9.17, 15) is 14.4 Å². The number of hydrogen-bond acceptors (Lipinski definition) is 6. The third-order valence-electron chi connectivity index (χ3n) is 13.7. The van der Waals surface area contributed by atoms with E-state index >= 15 is 0 Å². The van der Waals surface area contributed by atoms with Gasteiger partial charge in [-0.05, 0) is 122 Å². The van der Waals surface area contributed by atoms with Gasteiger partial charge in [0.2, 0.25) is 0 Å². The van der Waals surface area contributed by atoms with E-state index in [4.69, 9.17) is 14.2 Å². The molecule has 6 heteroatoms. The van der Waals surface area contributed by atoms with Gasteiger partial charge in [-0.25, -0.2) is 0 Å². The Bertz CT molecular complexity index is 1560. The van der Waals surface area contributed by atoms with Crippen molar-refractivity contribution >= 4 is 17.9 Å². The van der Waals surface area contributed by atoms with E-state index in [1.807, 2.05) is 0 Å². The largest absolute Gasteiger partial charge is 0.462 e. The van der Waals surface area contributed by atoms with Gasteiger partial charge in [0.15, 0.2) is 6.10 Å². The number of rotatable bonds is 58. The molecule has 1 unspecified atom stereocenters. The lowest BCUT2D eigenvalue weighted by Gasteiger charge is -2.18. The minimum atomic E-state index is -0.798. The van der Waals surface area contributed by atoms with E-state index in [0.29, 0.717) is 19.3 Å². The Labute approximate surface area is 476 Å². The summed E-state index contributed by atoms with van der Waals surface area (Å²) in [5.74, 6) is -0.931. The van der Waals surface area contributed by atoms with Gasteiger partial charge < -0.3 is 14.2 Å². The Morgan fingerprint density at radius 3 is 0.857 bits per heavy atom. The van der Waals surface area contributed by atoms with Crippen molar-refractivity contribution in [3.05, 3.63) is 109 Å². The second-order valence-corrected chi connectivity index (χ2v) is 21.3. The maximum atomic E-state index is 12.9. The molecule has 0 heterocycles. The Morgan fingerprint density at radius 1 is 0.273 bits per heavy atom. The van der Waals surface area contributed by atoms with Crippen LogP contribution in [-0.2, 0) is 28.6 Å². The van der Waals surface area contributed by atoms with Crippen LogP contribution in [0.4, 0.5) is 0 Å². The van der Waals surface area contributed by atoms with E-state index in [-0.39, 0.29) is 31.1 Å². The first-order valence-corrected chi connectivity index (χ1v) is 32.4. The van der Waals surface area contributed by atoms with Crippen LogP contribution < -0.4 is 0 Å². The van der Waals surface area contributed by atoms with Gasteiger partial charge in [-0.3, -0.25) is 14.4 Å². The average molecular weight is 1070 g/mol. The Morgan fingerprint density at radius 2 is 0.519 bits per heavy atom. The van der Waals surface area contributed by atoms with Crippen LogP contribution in [0.2, 0.25) is 0 Å². The van der Waals surface area contributed by atoms with E-state index in [1.165, 1.54) is 141 Å². The summed E-state index contributed by atoms with van der Waals surface area (Å²) in [4.78, 5) is 38.3. The first-order chi connectivity index (χ1) is 38.0. The fraction of sp³-hybridized carbons (Fsp3) is 0.704. The molecule has 0 aliphatic heterocycles. The van der Waals surface area contributed by atoms with E-state index in [1.54, 1.807) is 0 Å². The van der Waals surface area contributed by atoms with Crippen molar-refractivity contribution in [3.63, 3.8) is 0 Å².